The van der Waals surface area contributed by atoms with Gasteiger partial charge in [-0.05, 0) is 36.4 Å². The molecule has 1 N–H and O–H groups in total. The SMILES string of the molecule is O=C(c1ccc(F)c(S)c1)c1ccc(F)c(S(=O)(=O)O)c1. The van der Waals surface area contributed by atoms with Crippen LogP contribution in [0.25, 0.3) is 0 Å². The second-order valence-electron chi connectivity index (χ2n) is 4.12. The van der Waals surface area contributed by atoms with E-state index in [0.717, 1.165) is 24.3 Å². The fourth-order valence-electron chi connectivity index (χ4n) is 1.66. The van der Waals surface area contributed by atoms with E-state index in [0.29, 0.717) is 6.07 Å². The van der Waals surface area contributed by atoms with Gasteiger partial charge in [-0.2, -0.15) is 8.42 Å². The maximum Gasteiger partial charge on any atom is 0.297 e. The van der Waals surface area contributed by atoms with E-state index in [1.54, 1.807) is 0 Å². The molecule has 0 saturated heterocycles. The summed E-state index contributed by atoms with van der Waals surface area (Å²) in [6.07, 6.45) is 0. The average Bonchev–Trinajstić information content (AvgIpc) is 2.40. The molecule has 4 nitrogen and oxygen atoms in total. The summed E-state index contributed by atoms with van der Waals surface area (Å²) in [6, 6.07) is 5.91. The highest BCUT2D eigenvalue weighted by Gasteiger charge is 2.19. The fraction of sp³-hybridized carbons (Fsp3) is 0. The van der Waals surface area contributed by atoms with Gasteiger partial charge >= 0.3 is 0 Å². The Bertz CT molecular complexity index is 832. The first kappa shape index (κ1) is 15.6. The molecule has 110 valence electrons. The lowest BCUT2D eigenvalue weighted by Crippen LogP contribution is -2.07. The van der Waals surface area contributed by atoms with Gasteiger partial charge in [0.2, 0.25) is 0 Å². The zero-order chi connectivity index (χ0) is 15.8. The molecule has 0 aliphatic carbocycles. The average molecular weight is 330 g/mol. The molecular weight excluding hydrogens is 322 g/mol. The first-order chi connectivity index (χ1) is 9.70. The number of carbonyl (C=O) groups is 1. The van der Waals surface area contributed by atoms with E-state index in [2.05, 4.69) is 12.6 Å². The maximum atomic E-state index is 13.3. The van der Waals surface area contributed by atoms with Crippen molar-refractivity contribution in [3.63, 3.8) is 0 Å². The second kappa shape index (κ2) is 5.55. The van der Waals surface area contributed by atoms with Gasteiger partial charge in [0.05, 0.1) is 0 Å². The summed E-state index contributed by atoms with van der Waals surface area (Å²) < 4.78 is 57.3. The Morgan fingerprint density at radius 3 is 2.05 bits per heavy atom. The van der Waals surface area contributed by atoms with Crippen molar-refractivity contribution in [1.29, 1.82) is 0 Å². The number of benzene rings is 2. The number of hydrogen-bond donors (Lipinski definition) is 2. The number of carbonyl (C=O) groups excluding carboxylic acids is 1. The molecule has 0 aromatic heterocycles. The second-order valence-corrected chi connectivity index (χ2v) is 5.99. The van der Waals surface area contributed by atoms with Crippen molar-refractivity contribution in [1.82, 2.24) is 0 Å². The molecule has 0 bridgehead atoms. The number of ketones is 1. The fourth-order valence-corrected chi connectivity index (χ4v) is 2.47. The van der Waals surface area contributed by atoms with Crippen LogP contribution in [-0.2, 0) is 10.1 Å². The molecule has 0 aliphatic heterocycles. The summed E-state index contributed by atoms with van der Waals surface area (Å²) in [6.45, 7) is 0. The van der Waals surface area contributed by atoms with Crippen LogP contribution in [-0.4, -0.2) is 18.8 Å². The van der Waals surface area contributed by atoms with Gasteiger partial charge in [0.25, 0.3) is 10.1 Å². The van der Waals surface area contributed by atoms with Gasteiger partial charge in [0, 0.05) is 16.0 Å². The number of thiol groups is 1. The summed E-state index contributed by atoms with van der Waals surface area (Å²) >= 11 is 3.83. The van der Waals surface area contributed by atoms with Crippen LogP contribution in [0.15, 0.2) is 46.2 Å². The molecule has 2 aromatic rings. The minimum Gasteiger partial charge on any atom is -0.289 e. The molecule has 0 fully saturated rings. The van der Waals surface area contributed by atoms with Gasteiger partial charge in [-0.15, -0.1) is 12.6 Å². The van der Waals surface area contributed by atoms with Crippen molar-refractivity contribution >= 4 is 28.5 Å². The summed E-state index contributed by atoms with van der Waals surface area (Å²) in [5, 5.41) is 0. The summed E-state index contributed by atoms with van der Waals surface area (Å²) in [5.74, 6) is -2.45. The minimum atomic E-state index is -4.79. The van der Waals surface area contributed by atoms with Gasteiger partial charge < -0.3 is 0 Å². The first-order valence-corrected chi connectivity index (χ1v) is 7.39. The molecule has 2 rings (SSSR count). The van der Waals surface area contributed by atoms with E-state index in [-0.39, 0.29) is 16.0 Å². The van der Waals surface area contributed by atoms with Crippen LogP contribution in [0.2, 0.25) is 0 Å². The van der Waals surface area contributed by atoms with Crippen molar-refractivity contribution in [2.24, 2.45) is 0 Å². The van der Waals surface area contributed by atoms with Crippen LogP contribution in [0, 0.1) is 11.6 Å². The van der Waals surface area contributed by atoms with Crippen LogP contribution in [0.3, 0.4) is 0 Å². The third-order valence-corrected chi connectivity index (χ3v) is 3.89. The number of halogens is 2. The molecule has 2 aromatic carbocycles. The van der Waals surface area contributed by atoms with Crippen molar-refractivity contribution in [3.8, 4) is 0 Å². The molecular formula is C13H8F2O4S2. The van der Waals surface area contributed by atoms with Crippen molar-refractivity contribution < 1.29 is 26.5 Å². The van der Waals surface area contributed by atoms with E-state index < -0.39 is 32.4 Å². The molecule has 8 heteroatoms. The largest absolute Gasteiger partial charge is 0.297 e. The normalized spacial score (nSPS) is 11.4. The standard InChI is InChI=1S/C13H8F2O4S2/c14-9-3-1-7(5-11(9)20)13(16)8-2-4-10(15)12(6-8)21(17,18)19/h1-6,20H,(H,17,18,19). The predicted molar refractivity (Wildman–Crippen MR) is 73.3 cm³/mol. The molecule has 0 amide bonds. The van der Waals surface area contributed by atoms with Crippen LogP contribution >= 0.6 is 12.6 Å². The zero-order valence-corrected chi connectivity index (χ0v) is 12.0. The van der Waals surface area contributed by atoms with Crippen LogP contribution < -0.4 is 0 Å². The Hall–Kier alpha value is -1.77. The maximum absolute atomic E-state index is 13.3. The Morgan fingerprint density at radius 2 is 1.52 bits per heavy atom. The molecule has 0 unspecified atom stereocenters. The third kappa shape index (κ3) is 3.29. The highest BCUT2D eigenvalue weighted by atomic mass is 32.2. The lowest BCUT2D eigenvalue weighted by atomic mass is 10.0. The molecule has 0 heterocycles. The molecule has 0 atom stereocenters. The predicted octanol–water partition coefficient (Wildman–Crippen LogP) is 2.73. The summed E-state index contributed by atoms with van der Waals surface area (Å²) in [4.78, 5) is 11.1. The Labute approximate surface area is 124 Å². The van der Waals surface area contributed by atoms with E-state index in [1.165, 1.54) is 6.07 Å². The summed E-state index contributed by atoms with van der Waals surface area (Å²) in [5.41, 5.74) is -0.113. The Balaban J connectivity index is 2.51. The van der Waals surface area contributed by atoms with Crippen molar-refractivity contribution in [3.05, 3.63) is 59.2 Å². The van der Waals surface area contributed by atoms with E-state index in [9.17, 15) is 22.0 Å². The van der Waals surface area contributed by atoms with Gasteiger partial charge in [-0.3, -0.25) is 9.35 Å². The van der Waals surface area contributed by atoms with Crippen LogP contribution in [0.1, 0.15) is 15.9 Å². The molecule has 0 saturated carbocycles. The lowest BCUT2D eigenvalue weighted by molar-refractivity contribution is 0.103. The van der Waals surface area contributed by atoms with Gasteiger partial charge in [0.1, 0.15) is 16.5 Å². The number of hydrogen-bond acceptors (Lipinski definition) is 4. The van der Waals surface area contributed by atoms with E-state index >= 15 is 0 Å². The molecule has 0 radical (unpaired) electrons. The van der Waals surface area contributed by atoms with Crippen LogP contribution in [0.5, 0.6) is 0 Å². The molecule has 0 aliphatic rings. The van der Waals surface area contributed by atoms with E-state index in [1.807, 2.05) is 0 Å². The van der Waals surface area contributed by atoms with Gasteiger partial charge in [-0.1, -0.05) is 0 Å². The minimum absolute atomic E-state index is 0.0503. The van der Waals surface area contributed by atoms with E-state index in [4.69, 9.17) is 4.55 Å². The molecule has 0 spiro atoms. The highest BCUT2D eigenvalue weighted by Crippen LogP contribution is 2.21. The Kier molecular flexibility index (Phi) is 4.13. The van der Waals surface area contributed by atoms with Gasteiger partial charge in [-0.25, -0.2) is 8.78 Å². The number of rotatable bonds is 3. The molecule has 21 heavy (non-hydrogen) atoms. The Morgan fingerprint density at radius 1 is 1.00 bits per heavy atom. The highest BCUT2D eigenvalue weighted by molar-refractivity contribution is 7.85. The van der Waals surface area contributed by atoms with Crippen molar-refractivity contribution in [2.75, 3.05) is 0 Å². The monoisotopic (exact) mass is 330 g/mol. The third-order valence-electron chi connectivity index (χ3n) is 2.68. The van der Waals surface area contributed by atoms with Gasteiger partial charge in [0.15, 0.2) is 5.78 Å². The zero-order valence-electron chi connectivity index (χ0n) is 10.2. The lowest BCUT2D eigenvalue weighted by Gasteiger charge is -2.05. The quantitative estimate of drug-likeness (QED) is 0.516. The van der Waals surface area contributed by atoms with Crippen molar-refractivity contribution in [2.45, 2.75) is 9.79 Å². The first-order valence-electron chi connectivity index (χ1n) is 5.50. The van der Waals surface area contributed by atoms with Crippen LogP contribution in [0.4, 0.5) is 8.78 Å². The summed E-state index contributed by atoms with van der Waals surface area (Å²) in [7, 11) is -4.79. The topological polar surface area (TPSA) is 71.4 Å². The smallest absolute Gasteiger partial charge is 0.289 e.